The fraction of sp³-hybridized carbons (Fsp3) is 0.150. The predicted molar refractivity (Wildman–Crippen MR) is 102 cm³/mol. The van der Waals surface area contributed by atoms with Crippen molar-refractivity contribution in [2.75, 3.05) is 0 Å². The predicted octanol–water partition coefficient (Wildman–Crippen LogP) is 4.98. The monoisotopic (exact) mass is 406 g/mol. The molecule has 0 radical (unpaired) electrons. The van der Waals surface area contributed by atoms with E-state index >= 15 is 0 Å². The van der Waals surface area contributed by atoms with Crippen molar-refractivity contribution >= 4 is 26.9 Å². The lowest BCUT2D eigenvalue weighted by molar-refractivity contribution is 0.573. The lowest BCUT2D eigenvalue weighted by Crippen LogP contribution is -2.06. The number of rotatable bonds is 3. The molecule has 1 atom stereocenters. The lowest BCUT2D eigenvalue weighted by atomic mass is 9.87. The summed E-state index contributed by atoms with van der Waals surface area (Å²) in [6.07, 6.45) is 1.58. The van der Waals surface area contributed by atoms with Crippen molar-refractivity contribution in [2.24, 2.45) is 0 Å². The van der Waals surface area contributed by atoms with Crippen LogP contribution in [0.2, 0.25) is 0 Å². The summed E-state index contributed by atoms with van der Waals surface area (Å²) in [5.74, 6) is 1.40. The number of fused-ring (bicyclic) bond motifs is 1. The van der Waals surface area contributed by atoms with E-state index in [4.69, 9.17) is 9.68 Å². The number of aryl methyl sites for hydroxylation is 2. The van der Waals surface area contributed by atoms with Gasteiger partial charge in [-0.25, -0.2) is 4.98 Å². The van der Waals surface area contributed by atoms with E-state index in [-0.39, 0.29) is 5.92 Å². The van der Waals surface area contributed by atoms with Crippen molar-refractivity contribution in [3.63, 3.8) is 0 Å². The van der Waals surface area contributed by atoms with Crippen LogP contribution in [-0.2, 0) is 0 Å². The highest BCUT2D eigenvalue weighted by atomic mass is 79.9. The Hall–Kier alpha value is -2.91. The number of aromatic amines is 1. The largest absolute Gasteiger partial charge is 0.460 e. The SMILES string of the molecule is Cc1oc2c(Br)ccc(C(c3ccc(C#N)cc3)c3nc[nH]n3)c2c1C. The Morgan fingerprint density at radius 2 is 1.92 bits per heavy atom. The summed E-state index contributed by atoms with van der Waals surface area (Å²) in [4.78, 5) is 4.40. The van der Waals surface area contributed by atoms with Gasteiger partial charge in [0.1, 0.15) is 17.7 Å². The Morgan fingerprint density at radius 1 is 1.15 bits per heavy atom. The summed E-state index contributed by atoms with van der Waals surface area (Å²) < 4.78 is 6.89. The Kier molecular flexibility index (Phi) is 4.09. The van der Waals surface area contributed by atoms with Crippen LogP contribution in [0.5, 0.6) is 0 Å². The lowest BCUT2D eigenvalue weighted by Gasteiger charge is -2.17. The highest BCUT2D eigenvalue weighted by Crippen LogP contribution is 2.40. The van der Waals surface area contributed by atoms with E-state index in [0.29, 0.717) is 11.4 Å². The Balaban J connectivity index is 2.00. The second-order valence-electron chi connectivity index (χ2n) is 6.15. The van der Waals surface area contributed by atoms with Crippen LogP contribution in [0.1, 0.15) is 39.8 Å². The zero-order valence-corrected chi connectivity index (χ0v) is 15.8. The van der Waals surface area contributed by atoms with Crippen LogP contribution in [0.3, 0.4) is 0 Å². The Labute approximate surface area is 158 Å². The molecule has 0 amide bonds. The normalized spacial score (nSPS) is 12.2. The quantitative estimate of drug-likeness (QED) is 0.520. The molecule has 26 heavy (non-hydrogen) atoms. The van der Waals surface area contributed by atoms with Gasteiger partial charge in [0.05, 0.1) is 22.0 Å². The number of nitrogens with zero attached hydrogens (tertiary/aromatic N) is 3. The molecule has 0 aliphatic carbocycles. The molecule has 0 fully saturated rings. The summed E-state index contributed by atoms with van der Waals surface area (Å²) in [5, 5.41) is 17.3. The first-order valence-electron chi connectivity index (χ1n) is 8.14. The molecule has 2 aromatic heterocycles. The van der Waals surface area contributed by atoms with Crippen molar-refractivity contribution in [1.29, 1.82) is 5.26 Å². The van der Waals surface area contributed by atoms with Gasteiger partial charge >= 0.3 is 0 Å². The van der Waals surface area contributed by atoms with Crippen molar-refractivity contribution in [3.8, 4) is 6.07 Å². The van der Waals surface area contributed by atoms with E-state index in [2.05, 4.69) is 50.2 Å². The molecule has 4 rings (SSSR count). The first-order valence-corrected chi connectivity index (χ1v) is 8.93. The summed E-state index contributed by atoms with van der Waals surface area (Å²) in [5.41, 5.74) is 4.64. The van der Waals surface area contributed by atoms with Crippen molar-refractivity contribution in [1.82, 2.24) is 15.2 Å². The highest BCUT2D eigenvalue weighted by Gasteiger charge is 2.25. The van der Waals surface area contributed by atoms with Crippen molar-refractivity contribution < 1.29 is 4.42 Å². The molecular weight excluding hydrogens is 392 g/mol. The molecule has 0 aliphatic rings. The maximum Gasteiger partial charge on any atom is 0.162 e. The average molecular weight is 407 g/mol. The molecule has 0 saturated carbocycles. The van der Waals surface area contributed by atoms with Crippen LogP contribution < -0.4 is 0 Å². The molecule has 128 valence electrons. The van der Waals surface area contributed by atoms with Crippen LogP contribution in [0.4, 0.5) is 0 Å². The topological polar surface area (TPSA) is 78.5 Å². The molecule has 0 saturated heterocycles. The molecule has 0 aliphatic heterocycles. The standard InChI is InChI=1S/C20H15BrN4O/c1-11-12(2)26-19-16(21)8-7-15(17(11)19)18(20-23-10-24-25-20)14-5-3-13(9-22)4-6-14/h3-8,10,18H,1-2H3,(H,23,24,25). The number of hydrogen-bond donors (Lipinski definition) is 1. The molecule has 0 bridgehead atoms. The molecule has 1 unspecified atom stereocenters. The van der Waals surface area contributed by atoms with Gasteiger partial charge in [-0.15, -0.1) is 0 Å². The van der Waals surface area contributed by atoms with Crippen LogP contribution >= 0.6 is 15.9 Å². The van der Waals surface area contributed by atoms with E-state index in [1.165, 1.54) is 0 Å². The molecule has 2 aromatic carbocycles. The van der Waals surface area contributed by atoms with Crippen LogP contribution in [0, 0.1) is 25.2 Å². The number of aromatic nitrogens is 3. The smallest absolute Gasteiger partial charge is 0.162 e. The van der Waals surface area contributed by atoms with Gasteiger partial charge in [-0.3, -0.25) is 5.10 Å². The molecule has 4 aromatic rings. The third-order valence-electron chi connectivity index (χ3n) is 4.68. The number of halogens is 1. The Bertz CT molecular complexity index is 1120. The minimum Gasteiger partial charge on any atom is -0.460 e. The zero-order chi connectivity index (χ0) is 18.3. The van der Waals surface area contributed by atoms with Gasteiger partial charge in [-0.2, -0.15) is 10.4 Å². The molecule has 0 spiro atoms. The molecular formula is C20H15BrN4O. The molecule has 5 nitrogen and oxygen atoms in total. The second kappa shape index (κ2) is 6.43. The van der Waals surface area contributed by atoms with Crippen LogP contribution in [-0.4, -0.2) is 15.2 Å². The highest BCUT2D eigenvalue weighted by molar-refractivity contribution is 9.10. The number of H-pyrrole nitrogens is 1. The van der Waals surface area contributed by atoms with E-state index in [1.54, 1.807) is 6.33 Å². The average Bonchev–Trinajstić information content (AvgIpc) is 3.28. The maximum atomic E-state index is 9.08. The van der Waals surface area contributed by atoms with Crippen LogP contribution in [0.15, 0.2) is 51.6 Å². The van der Waals surface area contributed by atoms with E-state index in [1.807, 2.05) is 37.3 Å². The van der Waals surface area contributed by atoms with Gasteiger partial charge in [0.15, 0.2) is 5.82 Å². The van der Waals surface area contributed by atoms with Gasteiger partial charge in [0, 0.05) is 5.39 Å². The van der Waals surface area contributed by atoms with Gasteiger partial charge in [-0.05, 0) is 64.7 Å². The van der Waals surface area contributed by atoms with Gasteiger partial charge in [-0.1, -0.05) is 18.2 Å². The van der Waals surface area contributed by atoms with Crippen molar-refractivity contribution in [2.45, 2.75) is 19.8 Å². The Morgan fingerprint density at radius 3 is 2.58 bits per heavy atom. The second-order valence-corrected chi connectivity index (χ2v) is 7.00. The summed E-state index contributed by atoms with van der Waals surface area (Å²) >= 11 is 3.58. The zero-order valence-electron chi connectivity index (χ0n) is 14.2. The van der Waals surface area contributed by atoms with E-state index in [9.17, 15) is 0 Å². The van der Waals surface area contributed by atoms with E-state index < -0.39 is 0 Å². The maximum absolute atomic E-state index is 9.08. The van der Waals surface area contributed by atoms with Gasteiger partial charge in [0.25, 0.3) is 0 Å². The summed E-state index contributed by atoms with van der Waals surface area (Å²) in [6, 6.07) is 13.8. The minimum atomic E-state index is -0.166. The third kappa shape index (κ3) is 2.61. The fourth-order valence-electron chi connectivity index (χ4n) is 3.28. The van der Waals surface area contributed by atoms with Crippen LogP contribution in [0.25, 0.3) is 11.0 Å². The third-order valence-corrected chi connectivity index (χ3v) is 5.30. The number of benzene rings is 2. The number of furan rings is 1. The number of nitrogens with one attached hydrogen (secondary N) is 1. The first-order chi connectivity index (χ1) is 12.6. The summed E-state index contributed by atoms with van der Waals surface area (Å²) in [6.45, 7) is 4.03. The minimum absolute atomic E-state index is 0.166. The number of hydrogen-bond acceptors (Lipinski definition) is 4. The fourth-order valence-corrected chi connectivity index (χ4v) is 3.69. The number of nitriles is 1. The molecule has 6 heteroatoms. The van der Waals surface area contributed by atoms with Gasteiger partial charge in [0.2, 0.25) is 0 Å². The van der Waals surface area contributed by atoms with Crippen molar-refractivity contribution in [3.05, 3.63) is 81.0 Å². The molecule has 2 heterocycles. The molecule has 1 N–H and O–H groups in total. The van der Waals surface area contributed by atoms with Gasteiger partial charge < -0.3 is 4.42 Å². The van der Waals surface area contributed by atoms with E-state index in [0.717, 1.165) is 37.9 Å². The first kappa shape index (κ1) is 16.6. The summed E-state index contributed by atoms with van der Waals surface area (Å²) in [7, 11) is 0.